The van der Waals surface area contributed by atoms with E-state index in [-0.39, 0.29) is 5.92 Å². The number of hydrogen-bond acceptors (Lipinski definition) is 2. The molecule has 1 fully saturated rings. The monoisotopic (exact) mass is 284 g/mol. The number of hydrogen-bond donors (Lipinski definition) is 1. The van der Waals surface area contributed by atoms with E-state index in [9.17, 15) is 13.6 Å². The Morgan fingerprint density at radius 1 is 1.37 bits per heavy atom. The summed E-state index contributed by atoms with van der Waals surface area (Å²) in [4.78, 5) is 13.9. The van der Waals surface area contributed by atoms with Gasteiger partial charge in [-0.1, -0.05) is 18.3 Å². The van der Waals surface area contributed by atoms with E-state index in [4.69, 9.17) is 18.0 Å². The van der Waals surface area contributed by atoms with Gasteiger partial charge in [0.1, 0.15) is 17.2 Å². The summed E-state index contributed by atoms with van der Waals surface area (Å²) >= 11 is 4.91. The molecule has 2 rings (SSSR count). The van der Waals surface area contributed by atoms with Crippen LogP contribution in [0, 0.1) is 17.6 Å². The molecule has 1 atom stereocenters. The summed E-state index contributed by atoms with van der Waals surface area (Å²) in [7, 11) is 0. The van der Waals surface area contributed by atoms with Crippen molar-refractivity contribution < 1.29 is 13.6 Å². The third-order valence-electron chi connectivity index (χ3n) is 3.29. The van der Waals surface area contributed by atoms with Gasteiger partial charge in [-0.15, -0.1) is 0 Å². The number of halogens is 2. The van der Waals surface area contributed by atoms with Crippen molar-refractivity contribution in [3.05, 3.63) is 35.4 Å². The van der Waals surface area contributed by atoms with Crippen LogP contribution in [0.3, 0.4) is 0 Å². The largest absolute Gasteiger partial charge is 0.393 e. The summed E-state index contributed by atoms with van der Waals surface area (Å²) in [6.07, 6.45) is 1.53. The van der Waals surface area contributed by atoms with Crippen molar-refractivity contribution in [1.82, 2.24) is 4.90 Å². The fraction of sp³-hybridized carbons (Fsp3) is 0.385. The lowest BCUT2D eigenvalue weighted by atomic mass is 9.97. The molecule has 1 amide bonds. The summed E-state index contributed by atoms with van der Waals surface area (Å²) in [5.74, 6) is -2.41. The summed E-state index contributed by atoms with van der Waals surface area (Å²) in [6, 6.07) is 3.38. The van der Waals surface area contributed by atoms with E-state index in [2.05, 4.69) is 0 Å². The number of rotatable bonds is 2. The molecule has 1 saturated heterocycles. The Balaban J connectivity index is 2.22. The smallest absolute Gasteiger partial charge is 0.259 e. The molecule has 3 nitrogen and oxygen atoms in total. The quantitative estimate of drug-likeness (QED) is 0.846. The van der Waals surface area contributed by atoms with Crippen molar-refractivity contribution in [2.24, 2.45) is 11.7 Å². The van der Waals surface area contributed by atoms with Gasteiger partial charge in [-0.25, -0.2) is 8.78 Å². The molecule has 102 valence electrons. The zero-order valence-electron chi connectivity index (χ0n) is 10.2. The molecule has 0 bridgehead atoms. The standard InChI is InChI=1S/C13H14F2N2OS/c14-9-4-1-5-10(15)11(9)13(18)17-6-2-3-8(7-17)12(16)19/h1,4-5,8H,2-3,6-7H2,(H2,16,19). The van der Waals surface area contributed by atoms with Gasteiger partial charge in [-0.2, -0.15) is 0 Å². The first-order chi connectivity index (χ1) is 9.00. The van der Waals surface area contributed by atoms with Crippen molar-refractivity contribution in [3.63, 3.8) is 0 Å². The van der Waals surface area contributed by atoms with Gasteiger partial charge >= 0.3 is 0 Å². The second kappa shape index (κ2) is 5.61. The third kappa shape index (κ3) is 2.89. The lowest BCUT2D eigenvalue weighted by Gasteiger charge is -2.32. The van der Waals surface area contributed by atoms with Gasteiger partial charge in [0.2, 0.25) is 0 Å². The fourth-order valence-electron chi connectivity index (χ4n) is 2.25. The van der Waals surface area contributed by atoms with Gasteiger partial charge in [0, 0.05) is 19.0 Å². The van der Waals surface area contributed by atoms with Gasteiger partial charge < -0.3 is 10.6 Å². The van der Waals surface area contributed by atoms with Crippen LogP contribution >= 0.6 is 12.2 Å². The highest BCUT2D eigenvalue weighted by Gasteiger charge is 2.28. The molecule has 0 spiro atoms. The van der Waals surface area contributed by atoms with E-state index in [0.717, 1.165) is 25.0 Å². The Bertz CT molecular complexity index is 501. The molecule has 0 aromatic heterocycles. The van der Waals surface area contributed by atoms with E-state index < -0.39 is 23.1 Å². The zero-order chi connectivity index (χ0) is 14.0. The first-order valence-corrected chi connectivity index (χ1v) is 6.44. The third-order valence-corrected chi connectivity index (χ3v) is 3.62. The molecule has 0 radical (unpaired) electrons. The lowest BCUT2D eigenvalue weighted by molar-refractivity contribution is 0.0693. The van der Waals surface area contributed by atoms with E-state index in [1.54, 1.807) is 0 Å². The van der Waals surface area contributed by atoms with Crippen LogP contribution < -0.4 is 5.73 Å². The van der Waals surface area contributed by atoms with Crippen LogP contribution in [0.25, 0.3) is 0 Å². The molecular formula is C13H14F2N2OS. The van der Waals surface area contributed by atoms with Crippen LogP contribution in [0.2, 0.25) is 0 Å². The minimum absolute atomic E-state index is 0.0810. The van der Waals surface area contributed by atoms with Gasteiger partial charge in [0.05, 0.1) is 4.99 Å². The number of likely N-dealkylation sites (tertiary alicyclic amines) is 1. The highest BCUT2D eigenvalue weighted by molar-refractivity contribution is 7.80. The number of piperidine rings is 1. The number of nitrogens with zero attached hydrogens (tertiary/aromatic N) is 1. The van der Waals surface area contributed by atoms with Crippen molar-refractivity contribution in [3.8, 4) is 0 Å². The predicted molar refractivity (Wildman–Crippen MR) is 71.8 cm³/mol. The van der Waals surface area contributed by atoms with Gasteiger partial charge in [-0.05, 0) is 25.0 Å². The van der Waals surface area contributed by atoms with Crippen molar-refractivity contribution in [2.75, 3.05) is 13.1 Å². The van der Waals surface area contributed by atoms with Crippen LogP contribution in [-0.2, 0) is 0 Å². The molecule has 0 saturated carbocycles. The fourth-order valence-corrected chi connectivity index (χ4v) is 2.45. The van der Waals surface area contributed by atoms with Gasteiger partial charge in [-0.3, -0.25) is 4.79 Å². The van der Waals surface area contributed by atoms with Crippen LogP contribution in [0.1, 0.15) is 23.2 Å². The first-order valence-electron chi connectivity index (χ1n) is 6.03. The molecule has 1 heterocycles. The predicted octanol–water partition coefficient (Wildman–Crippen LogP) is 2.10. The van der Waals surface area contributed by atoms with E-state index >= 15 is 0 Å². The normalized spacial score (nSPS) is 19.3. The molecule has 2 N–H and O–H groups in total. The van der Waals surface area contributed by atoms with Crippen molar-refractivity contribution >= 4 is 23.1 Å². The highest BCUT2D eigenvalue weighted by Crippen LogP contribution is 2.21. The average molecular weight is 284 g/mol. The number of carbonyl (C=O) groups is 1. The Morgan fingerprint density at radius 3 is 2.58 bits per heavy atom. The molecular weight excluding hydrogens is 270 g/mol. The average Bonchev–Trinajstić information content (AvgIpc) is 2.38. The lowest BCUT2D eigenvalue weighted by Crippen LogP contribution is -2.44. The van der Waals surface area contributed by atoms with Gasteiger partial charge in [0.15, 0.2) is 0 Å². The van der Waals surface area contributed by atoms with Crippen molar-refractivity contribution in [1.29, 1.82) is 0 Å². The number of nitrogens with two attached hydrogens (primary N) is 1. The highest BCUT2D eigenvalue weighted by atomic mass is 32.1. The molecule has 1 aliphatic heterocycles. The summed E-state index contributed by atoms with van der Waals surface area (Å²) < 4.78 is 27.1. The maximum Gasteiger partial charge on any atom is 0.259 e. The molecule has 1 aliphatic rings. The number of amides is 1. The van der Waals surface area contributed by atoms with Crippen LogP contribution in [-0.4, -0.2) is 28.9 Å². The van der Waals surface area contributed by atoms with E-state index in [0.29, 0.717) is 18.1 Å². The van der Waals surface area contributed by atoms with Crippen LogP contribution in [0.5, 0.6) is 0 Å². The molecule has 1 unspecified atom stereocenters. The Morgan fingerprint density at radius 2 is 2.00 bits per heavy atom. The second-order valence-electron chi connectivity index (χ2n) is 4.59. The van der Waals surface area contributed by atoms with Crippen molar-refractivity contribution in [2.45, 2.75) is 12.8 Å². The zero-order valence-corrected chi connectivity index (χ0v) is 11.1. The topological polar surface area (TPSA) is 46.3 Å². The summed E-state index contributed by atoms with van der Waals surface area (Å²) in [5, 5.41) is 0. The SMILES string of the molecule is NC(=S)C1CCCN(C(=O)c2c(F)cccc2F)C1. The minimum Gasteiger partial charge on any atom is -0.393 e. The first kappa shape index (κ1) is 13.9. The number of benzene rings is 1. The number of carbonyl (C=O) groups excluding carboxylic acids is 1. The Labute approximate surface area is 115 Å². The number of thiocarbonyl (C=S) groups is 1. The molecule has 1 aromatic carbocycles. The molecule has 1 aromatic rings. The van der Waals surface area contributed by atoms with Gasteiger partial charge in [0.25, 0.3) is 5.91 Å². The van der Waals surface area contributed by atoms with E-state index in [1.165, 1.54) is 11.0 Å². The molecule has 0 aliphatic carbocycles. The Hall–Kier alpha value is -1.56. The summed E-state index contributed by atoms with van der Waals surface area (Å²) in [5.41, 5.74) is 5.07. The maximum atomic E-state index is 13.6. The Kier molecular flexibility index (Phi) is 4.09. The van der Waals surface area contributed by atoms with E-state index in [1.807, 2.05) is 0 Å². The summed E-state index contributed by atoms with van der Waals surface area (Å²) in [6.45, 7) is 0.785. The van der Waals surface area contributed by atoms with Crippen LogP contribution in [0.4, 0.5) is 8.78 Å². The molecule has 6 heteroatoms. The second-order valence-corrected chi connectivity index (χ2v) is 5.06. The molecule has 19 heavy (non-hydrogen) atoms. The van der Waals surface area contributed by atoms with Crippen LogP contribution in [0.15, 0.2) is 18.2 Å². The maximum absolute atomic E-state index is 13.6. The minimum atomic E-state index is -0.845.